The monoisotopic (exact) mass is 231 g/mol. The Morgan fingerprint density at radius 3 is 2.76 bits per heavy atom. The van der Waals surface area contributed by atoms with Gasteiger partial charge in [0.25, 0.3) is 0 Å². The fourth-order valence-electron chi connectivity index (χ4n) is 2.40. The number of ketones is 1. The SMILES string of the molecule is N#CC1(Cc2ccccc2F)CCCCC1=O. The second kappa shape index (κ2) is 4.67. The minimum absolute atomic E-state index is 0.0329. The Morgan fingerprint density at radius 2 is 2.12 bits per heavy atom. The van der Waals surface area contributed by atoms with Gasteiger partial charge in [-0.25, -0.2) is 4.39 Å². The van der Waals surface area contributed by atoms with Crippen LogP contribution in [0.3, 0.4) is 0 Å². The summed E-state index contributed by atoms with van der Waals surface area (Å²) >= 11 is 0. The first kappa shape index (κ1) is 11.8. The zero-order valence-electron chi connectivity index (χ0n) is 9.58. The molecule has 1 aliphatic rings. The summed E-state index contributed by atoms with van der Waals surface area (Å²) in [4.78, 5) is 11.9. The Hall–Kier alpha value is -1.69. The van der Waals surface area contributed by atoms with E-state index in [1.165, 1.54) is 6.07 Å². The predicted molar refractivity (Wildman–Crippen MR) is 61.6 cm³/mol. The molecule has 0 amide bonds. The number of rotatable bonds is 2. The van der Waals surface area contributed by atoms with Gasteiger partial charge in [0.2, 0.25) is 0 Å². The molecule has 88 valence electrons. The van der Waals surface area contributed by atoms with Crippen LogP contribution in [0.5, 0.6) is 0 Å². The number of nitrogens with zero attached hydrogens (tertiary/aromatic N) is 1. The summed E-state index contributed by atoms with van der Waals surface area (Å²) < 4.78 is 13.6. The maximum Gasteiger partial charge on any atom is 0.153 e. The highest BCUT2D eigenvalue weighted by molar-refractivity contribution is 5.88. The van der Waals surface area contributed by atoms with Crippen LogP contribution in [0.25, 0.3) is 0 Å². The van der Waals surface area contributed by atoms with E-state index < -0.39 is 5.41 Å². The lowest BCUT2D eigenvalue weighted by atomic mass is 9.70. The third-order valence-corrected chi connectivity index (χ3v) is 3.46. The van der Waals surface area contributed by atoms with Gasteiger partial charge < -0.3 is 0 Å². The van der Waals surface area contributed by atoms with Gasteiger partial charge in [-0.1, -0.05) is 24.6 Å². The van der Waals surface area contributed by atoms with Crippen molar-refractivity contribution >= 4 is 5.78 Å². The summed E-state index contributed by atoms with van der Waals surface area (Å²) in [7, 11) is 0. The summed E-state index contributed by atoms with van der Waals surface area (Å²) in [5.41, 5.74) is -0.537. The Morgan fingerprint density at radius 1 is 1.35 bits per heavy atom. The van der Waals surface area contributed by atoms with E-state index in [1.54, 1.807) is 18.2 Å². The number of hydrogen-bond acceptors (Lipinski definition) is 2. The lowest BCUT2D eigenvalue weighted by Gasteiger charge is -2.29. The fraction of sp³-hybridized carbons (Fsp3) is 0.429. The molecule has 0 aliphatic heterocycles. The second-order valence-electron chi connectivity index (χ2n) is 4.59. The van der Waals surface area contributed by atoms with E-state index in [0.717, 1.165) is 12.8 Å². The molecule has 1 unspecified atom stereocenters. The molecular weight excluding hydrogens is 217 g/mol. The van der Waals surface area contributed by atoms with Crippen molar-refractivity contribution in [3.63, 3.8) is 0 Å². The number of carbonyl (C=O) groups is 1. The molecule has 1 aromatic rings. The number of halogens is 1. The van der Waals surface area contributed by atoms with Crippen LogP contribution in [0.1, 0.15) is 31.2 Å². The number of carbonyl (C=O) groups excluding carboxylic acids is 1. The van der Waals surface area contributed by atoms with Crippen LogP contribution in [0.4, 0.5) is 4.39 Å². The zero-order valence-corrected chi connectivity index (χ0v) is 9.58. The first-order valence-electron chi connectivity index (χ1n) is 5.86. The maximum absolute atomic E-state index is 13.6. The highest BCUT2D eigenvalue weighted by atomic mass is 19.1. The molecule has 17 heavy (non-hydrogen) atoms. The topological polar surface area (TPSA) is 40.9 Å². The van der Waals surface area contributed by atoms with E-state index in [2.05, 4.69) is 6.07 Å². The van der Waals surface area contributed by atoms with Gasteiger partial charge >= 0.3 is 0 Å². The van der Waals surface area contributed by atoms with Gasteiger partial charge in [0.05, 0.1) is 6.07 Å². The van der Waals surface area contributed by atoms with E-state index in [1.807, 2.05) is 0 Å². The van der Waals surface area contributed by atoms with Crippen molar-refractivity contribution in [3.05, 3.63) is 35.6 Å². The normalized spacial score (nSPS) is 24.4. The molecule has 1 fully saturated rings. The molecule has 0 N–H and O–H groups in total. The summed E-state index contributed by atoms with van der Waals surface area (Å²) in [5.74, 6) is -0.366. The molecule has 2 rings (SSSR count). The largest absolute Gasteiger partial charge is 0.298 e. The number of benzene rings is 1. The first-order chi connectivity index (χ1) is 8.18. The molecule has 0 bridgehead atoms. The van der Waals surface area contributed by atoms with Crippen molar-refractivity contribution in [3.8, 4) is 6.07 Å². The summed E-state index contributed by atoms with van der Waals surface area (Å²) in [6.45, 7) is 0. The van der Waals surface area contributed by atoms with E-state index in [-0.39, 0.29) is 18.0 Å². The first-order valence-corrected chi connectivity index (χ1v) is 5.86. The van der Waals surface area contributed by atoms with Crippen LogP contribution < -0.4 is 0 Å². The molecule has 3 heteroatoms. The summed E-state index contributed by atoms with van der Waals surface area (Å²) in [5, 5.41) is 9.27. The summed E-state index contributed by atoms with van der Waals surface area (Å²) in [6.07, 6.45) is 2.92. The molecule has 1 atom stereocenters. The highest BCUT2D eigenvalue weighted by Gasteiger charge is 2.40. The van der Waals surface area contributed by atoms with Gasteiger partial charge in [-0.15, -0.1) is 0 Å². The highest BCUT2D eigenvalue weighted by Crippen LogP contribution is 2.36. The van der Waals surface area contributed by atoms with E-state index in [0.29, 0.717) is 18.4 Å². The standard InChI is InChI=1S/C14H14FNO/c15-12-6-2-1-5-11(12)9-14(10-16)8-4-3-7-13(14)17/h1-2,5-6H,3-4,7-9H2. The third-order valence-electron chi connectivity index (χ3n) is 3.46. The average Bonchev–Trinajstić information content (AvgIpc) is 2.35. The molecule has 0 saturated heterocycles. The molecule has 0 heterocycles. The Labute approximate surface area is 100 Å². The van der Waals surface area contributed by atoms with Crippen molar-refractivity contribution in [2.75, 3.05) is 0 Å². The maximum atomic E-state index is 13.6. The fourth-order valence-corrected chi connectivity index (χ4v) is 2.40. The van der Waals surface area contributed by atoms with Crippen LogP contribution in [-0.4, -0.2) is 5.78 Å². The van der Waals surface area contributed by atoms with Crippen molar-refractivity contribution in [1.29, 1.82) is 5.26 Å². The van der Waals surface area contributed by atoms with Gasteiger partial charge in [0.1, 0.15) is 11.2 Å². The number of Topliss-reactive ketones (excluding diaryl/α,β-unsaturated/α-hetero) is 1. The second-order valence-corrected chi connectivity index (χ2v) is 4.59. The summed E-state index contributed by atoms with van der Waals surface area (Å²) in [6, 6.07) is 8.49. The molecule has 1 aliphatic carbocycles. The van der Waals surface area contributed by atoms with Gasteiger partial charge in [-0.05, 0) is 24.5 Å². The van der Waals surface area contributed by atoms with Crippen LogP contribution in [-0.2, 0) is 11.2 Å². The zero-order chi connectivity index (χ0) is 12.3. The molecule has 1 saturated carbocycles. The lowest BCUT2D eigenvalue weighted by Crippen LogP contribution is -2.35. The van der Waals surface area contributed by atoms with E-state index in [9.17, 15) is 14.4 Å². The average molecular weight is 231 g/mol. The van der Waals surface area contributed by atoms with E-state index >= 15 is 0 Å². The molecule has 0 spiro atoms. The minimum Gasteiger partial charge on any atom is -0.298 e. The van der Waals surface area contributed by atoms with Crippen LogP contribution >= 0.6 is 0 Å². The molecule has 1 aromatic carbocycles. The van der Waals surface area contributed by atoms with Crippen molar-refractivity contribution in [2.45, 2.75) is 32.1 Å². The van der Waals surface area contributed by atoms with Crippen molar-refractivity contribution < 1.29 is 9.18 Å². The van der Waals surface area contributed by atoms with Gasteiger partial charge in [-0.2, -0.15) is 5.26 Å². The number of nitriles is 1. The van der Waals surface area contributed by atoms with Crippen molar-refractivity contribution in [1.82, 2.24) is 0 Å². The Bertz CT molecular complexity index is 477. The van der Waals surface area contributed by atoms with Crippen LogP contribution in [0.15, 0.2) is 24.3 Å². The molecule has 0 aromatic heterocycles. The van der Waals surface area contributed by atoms with Crippen LogP contribution in [0, 0.1) is 22.6 Å². The lowest BCUT2D eigenvalue weighted by molar-refractivity contribution is -0.128. The van der Waals surface area contributed by atoms with Crippen LogP contribution in [0.2, 0.25) is 0 Å². The molecule has 0 radical (unpaired) electrons. The minimum atomic E-state index is -1.000. The third kappa shape index (κ3) is 2.21. The predicted octanol–water partition coefficient (Wildman–Crippen LogP) is 3.02. The molecular formula is C14H14FNO. The van der Waals surface area contributed by atoms with Crippen molar-refractivity contribution in [2.24, 2.45) is 5.41 Å². The smallest absolute Gasteiger partial charge is 0.153 e. The number of hydrogen-bond donors (Lipinski definition) is 0. The quantitative estimate of drug-likeness (QED) is 0.785. The van der Waals surface area contributed by atoms with E-state index in [4.69, 9.17) is 0 Å². The van der Waals surface area contributed by atoms with Gasteiger partial charge in [-0.3, -0.25) is 4.79 Å². The Kier molecular flexibility index (Phi) is 3.23. The Balaban J connectivity index is 2.29. The van der Waals surface area contributed by atoms with Gasteiger partial charge in [0, 0.05) is 12.8 Å². The van der Waals surface area contributed by atoms with Gasteiger partial charge in [0.15, 0.2) is 5.78 Å². The molecule has 2 nitrogen and oxygen atoms in total.